The molecule has 13 heteroatoms. The van der Waals surface area contributed by atoms with Crippen LogP contribution >= 0.6 is 0 Å². The summed E-state index contributed by atoms with van der Waals surface area (Å²) in [6.07, 6.45) is 0. The van der Waals surface area contributed by atoms with Gasteiger partial charge in [-0.15, -0.1) is 0 Å². The molecule has 2 saturated carbocycles. The summed E-state index contributed by atoms with van der Waals surface area (Å²) in [5, 5.41) is 0. The normalized spacial score (nSPS) is 40.8. The Morgan fingerprint density at radius 2 is 1.04 bits per heavy atom. The van der Waals surface area contributed by atoms with Crippen molar-refractivity contribution in [3.8, 4) is 0 Å². The average Bonchev–Trinajstić information content (AvgIpc) is 2.36. The molecule has 2 aliphatic carbocycles. The maximum Gasteiger partial charge on any atom is 0.379 e. The van der Waals surface area contributed by atoms with Gasteiger partial charge in [0.25, 0.3) is 11.5 Å². The van der Waals surface area contributed by atoms with Crippen LogP contribution in [0.15, 0.2) is 0 Å². The molecule has 0 aliphatic heterocycles. The van der Waals surface area contributed by atoms with Crippen LogP contribution in [0.2, 0.25) is 0 Å². The van der Waals surface area contributed by atoms with Gasteiger partial charge < -0.3 is 4.74 Å². The summed E-state index contributed by atoms with van der Waals surface area (Å²) >= 11 is 0. The fourth-order valence-corrected chi connectivity index (χ4v) is 2.79. The quantitative estimate of drug-likeness (QED) is 0.677. The highest BCUT2D eigenvalue weighted by Crippen LogP contribution is 2.79. The van der Waals surface area contributed by atoms with E-state index in [1.807, 2.05) is 0 Å². The Labute approximate surface area is 119 Å². The largest absolute Gasteiger partial charge is 0.379 e. The van der Waals surface area contributed by atoms with Gasteiger partial charge in [0.1, 0.15) is 5.92 Å². The molecule has 0 radical (unpaired) electrons. The Balaban J connectivity index is 2.65. The highest BCUT2D eigenvalue weighted by atomic mass is 19.4. The van der Waals surface area contributed by atoms with Crippen molar-refractivity contribution >= 4 is 0 Å². The van der Waals surface area contributed by atoms with Gasteiger partial charge in [0.05, 0.1) is 0 Å². The fraction of sp³-hybridized carbons (Fsp3) is 1.00. The molecule has 0 saturated heterocycles. The van der Waals surface area contributed by atoms with Crippen LogP contribution in [0.1, 0.15) is 6.92 Å². The Morgan fingerprint density at radius 1 is 0.652 bits per heavy atom. The SMILES string of the molecule is CCOC1(F)C(C2(F)C(F)(F)C(F)(F)C2(F)F)C(F)(F)C1(F)F. The van der Waals surface area contributed by atoms with Crippen molar-refractivity contribution < 1.29 is 57.4 Å². The molecule has 2 aliphatic rings. The van der Waals surface area contributed by atoms with Gasteiger partial charge in [0.15, 0.2) is 0 Å². The number of hydrogen-bond donors (Lipinski definition) is 0. The van der Waals surface area contributed by atoms with E-state index in [0.29, 0.717) is 6.92 Å². The topological polar surface area (TPSA) is 9.23 Å². The highest BCUT2D eigenvalue weighted by Gasteiger charge is 3.09. The molecule has 0 aromatic rings. The third-order valence-electron chi connectivity index (χ3n) is 4.04. The molecule has 136 valence electrons. The number of alkyl halides is 12. The second kappa shape index (κ2) is 4.02. The summed E-state index contributed by atoms with van der Waals surface area (Å²) in [5.41, 5.74) is -6.28. The van der Waals surface area contributed by atoms with Crippen molar-refractivity contribution in [2.75, 3.05) is 6.61 Å². The van der Waals surface area contributed by atoms with Crippen LogP contribution in [0.4, 0.5) is 52.7 Å². The average molecular weight is 370 g/mol. The van der Waals surface area contributed by atoms with Gasteiger partial charge >= 0.3 is 29.6 Å². The van der Waals surface area contributed by atoms with E-state index in [1.54, 1.807) is 0 Å². The predicted octanol–water partition coefficient (Wildman–Crippen LogP) is 4.22. The van der Waals surface area contributed by atoms with Crippen molar-refractivity contribution in [1.82, 2.24) is 0 Å². The lowest BCUT2D eigenvalue weighted by Crippen LogP contribution is -2.95. The van der Waals surface area contributed by atoms with Crippen LogP contribution in [0.3, 0.4) is 0 Å². The maximum absolute atomic E-state index is 13.9. The minimum atomic E-state index is -6.53. The minimum Gasteiger partial charge on any atom is -0.341 e. The Bertz CT molecular complexity index is 510. The van der Waals surface area contributed by atoms with E-state index in [2.05, 4.69) is 4.74 Å². The van der Waals surface area contributed by atoms with Crippen molar-refractivity contribution in [3.05, 3.63) is 0 Å². The second-order valence-corrected chi connectivity index (χ2v) is 5.14. The summed E-state index contributed by atoms with van der Waals surface area (Å²) in [7, 11) is 0. The van der Waals surface area contributed by atoms with E-state index in [-0.39, 0.29) is 0 Å². The van der Waals surface area contributed by atoms with Crippen LogP contribution in [0.5, 0.6) is 0 Å². The Kier molecular flexibility index (Phi) is 3.23. The van der Waals surface area contributed by atoms with E-state index in [1.165, 1.54) is 0 Å². The fourth-order valence-electron chi connectivity index (χ4n) is 2.79. The summed E-state index contributed by atoms with van der Waals surface area (Å²) in [6, 6.07) is 0. The van der Waals surface area contributed by atoms with E-state index in [0.717, 1.165) is 0 Å². The predicted molar refractivity (Wildman–Crippen MR) is 47.5 cm³/mol. The molecule has 0 aromatic carbocycles. The Hall–Kier alpha value is -0.880. The zero-order valence-corrected chi connectivity index (χ0v) is 10.7. The molecule has 0 N–H and O–H groups in total. The third-order valence-corrected chi connectivity index (χ3v) is 4.04. The lowest BCUT2D eigenvalue weighted by molar-refractivity contribution is -0.557. The smallest absolute Gasteiger partial charge is 0.341 e. The van der Waals surface area contributed by atoms with Crippen molar-refractivity contribution in [2.45, 2.75) is 48.1 Å². The van der Waals surface area contributed by atoms with Crippen molar-refractivity contribution in [2.24, 2.45) is 5.92 Å². The van der Waals surface area contributed by atoms with Gasteiger partial charge in [0.2, 0.25) is 0 Å². The van der Waals surface area contributed by atoms with Crippen LogP contribution < -0.4 is 0 Å². The van der Waals surface area contributed by atoms with Gasteiger partial charge in [-0.25, -0.2) is 8.78 Å². The first-order chi connectivity index (χ1) is 9.93. The monoisotopic (exact) mass is 370 g/mol. The van der Waals surface area contributed by atoms with Crippen molar-refractivity contribution in [3.63, 3.8) is 0 Å². The number of rotatable bonds is 3. The molecular formula is C10H6F12O. The van der Waals surface area contributed by atoms with Gasteiger partial charge in [-0.2, -0.15) is 43.9 Å². The van der Waals surface area contributed by atoms with Crippen molar-refractivity contribution in [1.29, 1.82) is 0 Å². The summed E-state index contributed by atoms with van der Waals surface area (Å²) in [6.45, 7) is -0.552. The summed E-state index contributed by atoms with van der Waals surface area (Å²) in [4.78, 5) is 0. The molecule has 0 spiro atoms. The molecule has 1 nitrogen and oxygen atoms in total. The van der Waals surface area contributed by atoms with Gasteiger partial charge in [-0.3, -0.25) is 0 Å². The van der Waals surface area contributed by atoms with Gasteiger partial charge in [-0.1, -0.05) is 0 Å². The molecule has 2 fully saturated rings. The van der Waals surface area contributed by atoms with Crippen LogP contribution in [0.25, 0.3) is 0 Å². The first kappa shape index (κ1) is 18.5. The number of hydrogen-bond acceptors (Lipinski definition) is 1. The first-order valence-electron chi connectivity index (χ1n) is 5.83. The molecule has 0 aromatic heterocycles. The minimum absolute atomic E-state index is 0.682. The van der Waals surface area contributed by atoms with Crippen LogP contribution in [0, 0.1) is 5.92 Å². The summed E-state index contributed by atoms with van der Waals surface area (Å²) in [5.74, 6) is -41.8. The first-order valence-corrected chi connectivity index (χ1v) is 5.83. The van der Waals surface area contributed by atoms with Crippen LogP contribution in [-0.4, -0.2) is 47.7 Å². The number of ether oxygens (including phenoxy) is 1. The van der Waals surface area contributed by atoms with E-state index in [4.69, 9.17) is 0 Å². The molecular weight excluding hydrogens is 364 g/mol. The van der Waals surface area contributed by atoms with Gasteiger partial charge in [-0.05, 0) is 6.92 Å². The van der Waals surface area contributed by atoms with E-state index in [9.17, 15) is 52.7 Å². The maximum atomic E-state index is 13.9. The van der Waals surface area contributed by atoms with E-state index >= 15 is 0 Å². The zero-order chi connectivity index (χ0) is 18.5. The van der Waals surface area contributed by atoms with Crippen LogP contribution in [-0.2, 0) is 4.74 Å². The third kappa shape index (κ3) is 1.37. The molecule has 0 heterocycles. The van der Waals surface area contributed by atoms with E-state index < -0.39 is 53.7 Å². The molecule has 2 unspecified atom stereocenters. The lowest BCUT2D eigenvalue weighted by Gasteiger charge is -2.64. The zero-order valence-electron chi connectivity index (χ0n) is 10.7. The lowest BCUT2D eigenvalue weighted by atomic mass is 9.52. The molecule has 23 heavy (non-hydrogen) atoms. The Morgan fingerprint density at radius 3 is 1.39 bits per heavy atom. The summed E-state index contributed by atoms with van der Waals surface area (Å²) < 4.78 is 162. The molecule has 0 bridgehead atoms. The standard InChI is InChI=1S/C10H6F12O/c1-2-23-6(14)3(5(12,13)9(6,19)20)4(11)7(15,16)10(21,22)8(4,17)18/h3H,2H2,1H3. The molecule has 2 rings (SSSR count). The number of halogens is 12. The second-order valence-electron chi connectivity index (χ2n) is 5.14. The van der Waals surface area contributed by atoms with Gasteiger partial charge in [0, 0.05) is 6.61 Å². The highest BCUT2D eigenvalue weighted by molar-refractivity contribution is 5.37. The molecule has 0 amide bonds. The molecule has 2 atom stereocenters.